The van der Waals surface area contributed by atoms with Gasteiger partial charge >= 0.3 is 0 Å². The minimum absolute atomic E-state index is 0.0869. The summed E-state index contributed by atoms with van der Waals surface area (Å²) in [5, 5.41) is 16.5. The Balaban J connectivity index is 1.84. The van der Waals surface area contributed by atoms with Gasteiger partial charge in [0.15, 0.2) is 0 Å². The number of nitrogens with one attached hydrogen (secondary N) is 2. The van der Waals surface area contributed by atoms with Gasteiger partial charge in [0, 0.05) is 25.9 Å². The van der Waals surface area contributed by atoms with Gasteiger partial charge in [-0.15, -0.1) is 0 Å². The van der Waals surface area contributed by atoms with Gasteiger partial charge in [0.2, 0.25) is 5.91 Å². The van der Waals surface area contributed by atoms with Gasteiger partial charge in [0.25, 0.3) is 0 Å². The first kappa shape index (κ1) is 16.8. The first-order valence-corrected chi connectivity index (χ1v) is 7.93. The molecule has 0 bridgehead atoms. The predicted octanol–water partition coefficient (Wildman–Crippen LogP) is 2.06. The van der Waals surface area contributed by atoms with Crippen LogP contribution in [0.1, 0.15) is 37.7 Å². The van der Waals surface area contributed by atoms with Gasteiger partial charge in [-0.25, -0.2) is 0 Å². The van der Waals surface area contributed by atoms with Crippen molar-refractivity contribution < 1.29 is 14.6 Å². The van der Waals surface area contributed by atoms with E-state index in [2.05, 4.69) is 10.6 Å². The number of methoxy groups -OCH3 is 1. The number of hydrogen-bond acceptors (Lipinski definition) is 4. The highest BCUT2D eigenvalue weighted by Gasteiger charge is 2.33. The lowest BCUT2D eigenvalue weighted by Gasteiger charge is -2.21. The summed E-state index contributed by atoms with van der Waals surface area (Å²) in [6.45, 7) is 1.82. The van der Waals surface area contributed by atoms with Crippen LogP contribution in [-0.4, -0.2) is 36.9 Å². The Morgan fingerprint density at radius 1 is 1.32 bits per heavy atom. The zero-order chi connectivity index (χ0) is 15.8. The molecule has 1 aliphatic rings. The van der Waals surface area contributed by atoms with Gasteiger partial charge in [0.1, 0.15) is 0 Å². The van der Waals surface area contributed by atoms with Crippen molar-refractivity contribution in [2.24, 2.45) is 0 Å². The van der Waals surface area contributed by atoms with E-state index in [0.717, 1.165) is 43.5 Å². The summed E-state index contributed by atoms with van der Waals surface area (Å²) in [6.07, 6.45) is 3.68. The van der Waals surface area contributed by atoms with Gasteiger partial charge in [-0.2, -0.15) is 0 Å². The van der Waals surface area contributed by atoms with E-state index in [1.165, 1.54) is 0 Å². The molecular formula is C17H26N2O3. The second kappa shape index (κ2) is 8.15. The fraction of sp³-hybridized carbons (Fsp3) is 0.588. The zero-order valence-corrected chi connectivity index (χ0v) is 13.2. The molecule has 1 fully saturated rings. The highest BCUT2D eigenvalue weighted by Crippen LogP contribution is 2.32. The van der Waals surface area contributed by atoms with Crippen LogP contribution in [0.4, 0.5) is 5.69 Å². The number of hydrogen-bond donors (Lipinski definition) is 3. The summed E-state index contributed by atoms with van der Waals surface area (Å²) in [4.78, 5) is 12.0. The molecule has 5 heteroatoms. The molecule has 1 amide bonds. The number of ether oxygens (including phenoxy) is 1. The van der Waals surface area contributed by atoms with Crippen LogP contribution in [0.25, 0.3) is 0 Å². The van der Waals surface area contributed by atoms with Crippen molar-refractivity contribution in [3.05, 3.63) is 29.8 Å². The number of amides is 1. The maximum Gasteiger partial charge on any atom is 0.223 e. The second-order valence-corrected chi connectivity index (χ2v) is 5.96. The van der Waals surface area contributed by atoms with E-state index in [1.54, 1.807) is 7.11 Å². The Kier molecular flexibility index (Phi) is 6.21. The van der Waals surface area contributed by atoms with Crippen molar-refractivity contribution in [3.8, 4) is 0 Å². The average molecular weight is 306 g/mol. The molecule has 0 spiro atoms. The molecule has 0 saturated heterocycles. The number of carbonyl (C=O) groups excluding carboxylic acids is 1. The van der Waals surface area contributed by atoms with Crippen molar-refractivity contribution in [1.29, 1.82) is 0 Å². The number of aliphatic hydroxyl groups is 1. The Hall–Kier alpha value is -1.59. The molecule has 3 N–H and O–H groups in total. The van der Waals surface area contributed by atoms with Crippen molar-refractivity contribution in [2.45, 2.75) is 44.2 Å². The van der Waals surface area contributed by atoms with E-state index >= 15 is 0 Å². The quantitative estimate of drug-likeness (QED) is 0.643. The summed E-state index contributed by atoms with van der Waals surface area (Å²) < 4.78 is 5.03. The zero-order valence-electron chi connectivity index (χ0n) is 13.2. The van der Waals surface area contributed by atoms with Gasteiger partial charge in [-0.05, 0) is 24.5 Å². The summed E-state index contributed by atoms with van der Waals surface area (Å²) in [5.74, 6) is -0.0869. The number of para-hydroxylation sites is 1. The molecule has 5 nitrogen and oxygen atoms in total. The number of rotatable bonds is 8. The van der Waals surface area contributed by atoms with Crippen LogP contribution in [0, 0.1) is 0 Å². The summed E-state index contributed by atoms with van der Waals surface area (Å²) in [7, 11) is 1.67. The van der Waals surface area contributed by atoms with Gasteiger partial charge in [0.05, 0.1) is 18.6 Å². The minimum atomic E-state index is -0.791. The van der Waals surface area contributed by atoms with Crippen LogP contribution in [-0.2, 0) is 16.1 Å². The van der Waals surface area contributed by atoms with Crippen molar-refractivity contribution >= 4 is 11.6 Å². The van der Waals surface area contributed by atoms with Gasteiger partial charge < -0.3 is 20.5 Å². The van der Waals surface area contributed by atoms with E-state index in [9.17, 15) is 9.90 Å². The smallest absolute Gasteiger partial charge is 0.223 e. The fourth-order valence-corrected chi connectivity index (χ4v) is 2.90. The van der Waals surface area contributed by atoms with E-state index in [4.69, 9.17) is 4.74 Å². The maximum absolute atomic E-state index is 12.0. The van der Waals surface area contributed by atoms with Crippen LogP contribution < -0.4 is 10.6 Å². The minimum Gasteiger partial charge on any atom is -0.389 e. The maximum atomic E-state index is 12.0. The third-order valence-corrected chi connectivity index (χ3v) is 4.14. The topological polar surface area (TPSA) is 70.6 Å². The van der Waals surface area contributed by atoms with E-state index in [0.29, 0.717) is 13.2 Å². The normalized spacial score (nSPS) is 16.5. The molecule has 1 saturated carbocycles. The van der Waals surface area contributed by atoms with Crippen LogP contribution in [0.3, 0.4) is 0 Å². The van der Waals surface area contributed by atoms with Gasteiger partial charge in [-0.1, -0.05) is 31.0 Å². The van der Waals surface area contributed by atoms with Crippen LogP contribution in [0.2, 0.25) is 0 Å². The first-order chi connectivity index (χ1) is 10.6. The SMILES string of the molecule is COCCNc1ccccc1CNC(=O)CC1(O)CCCC1. The van der Waals surface area contributed by atoms with Crippen LogP contribution in [0.5, 0.6) is 0 Å². The third kappa shape index (κ3) is 5.00. The van der Waals surface area contributed by atoms with Crippen LogP contribution in [0.15, 0.2) is 24.3 Å². The molecule has 0 aromatic heterocycles. The third-order valence-electron chi connectivity index (χ3n) is 4.14. The largest absolute Gasteiger partial charge is 0.389 e. The molecule has 0 atom stereocenters. The molecule has 1 aromatic carbocycles. The Bertz CT molecular complexity index is 485. The molecule has 0 radical (unpaired) electrons. The van der Waals surface area contributed by atoms with Gasteiger partial charge in [-0.3, -0.25) is 4.79 Å². The summed E-state index contributed by atoms with van der Waals surface area (Å²) in [6, 6.07) is 7.89. The Morgan fingerprint density at radius 3 is 2.77 bits per heavy atom. The average Bonchev–Trinajstić information content (AvgIpc) is 2.93. The van der Waals surface area contributed by atoms with Crippen LogP contribution >= 0.6 is 0 Å². The Morgan fingerprint density at radius 2 is 2.05 bits per heavy atom. The second-order valence-electron chi connectivity index (χ2n) is 5.96. The van der Waals surface area contributed by atoms with E-state index in [-0.39, 0.29) is 12.3 Å². The molecular weight excluding hydrogens is 280 g/mol. The number of anilines is 1. The molecule has 1 aliphatic carbocycles. The van der Waals surface area contributed by atoms with Crippen molar-refractivity contribution in [2.75, 3.05) is 25.6 Å². The molecule has 2 rings (SSSR count). The molecule has 22 heavy (non-hydrogen) atoms. The standard InChI is InChI=1S/C17H26N2O3/c1-22-11-10-18-15-7-3-2-6-14(15)13-19-16(20)12-17(21)8-4-5-9-17/h2-3,6-7,18,21H,4-5,8-13H2,1H3,(H,19,20). The molecule has 0 heterocycles. The lowest BCUT2D eigenvalue weighted by Crippen LogP contribution is -2.34. The predicted molar refractivity (Wildman–Crippen MR) is 86.7 cm³/mol. The molecule has 0 unspecified atom stereocenters. The van der Waals surface area contributed by atoms with E-state index < -0.39 is 5.60 Å². The number of benzene rings is 1. The fourth-order valence-electron chi connectivity index (χ4n) is 2.90. The monoisotopic (exact) mass is 306 g/mol. The van der Waals surface area contributed by atoms with Crippen molar-refractivity contribution in [1.82, 2.24) is 5.32 Å². The lowest BCUT2D eigenvalue weighted by molar-refractivity contribution is -0.126. The highest BCUT2D eigenvalue weighted by molar-refractivity contribution is 5.77. The van der Waals surface area contributed by atoms with Crippen molar-refractivity contribution in [3.63, 3.8) is 0 Å². The molecule has 122 valence electrons. The Labute approximate surface area is 132 Å². The molecule has 1 aromatic rings. The number of carbonyl (C=O) groups is 1. The molecule has 0 aliphatic heterocycles. The van der Waals surface area contributed by atoms with E-state index in [1.807, 2.05) is 24.3 Å². The highest BCUT2D eigenvalue weighted by atomic mass is 16.5. The first-order valence-electron chi connectivity index (χ1n) is 7.93. The summed E-state index contributed by atoms with van der Waals surface area (Å²) in [5.41, 5.74) is 1.24. The lowest BCUT2D eigenvalue weighted by atomic mass is 9.97. The summed E-state index contributed by atoms with van der Waals surface area (Å²) >= 11 is 0.